The van der Waals surface area contributed by atoms with Crippen molar-refractivity contribution in [2.24, 2.45) is 0 Å². The average Bonchev–Trinajstić information content (AvgIpc) is 2.03. The summed E-state index contributed by atoms with van der Waals surface area (Å²) in [5.41, 5.74) is 2.67. The van der Waals surface area contributed by atoms with E-state index in [1.807, 2.05) is 0 Å². The van der Waals surface area contributed by atoms with E-state index in [9.17, 15) is 0 Å². The van der Waals surface area contributed by atoms with Crippen molar-refractivity contribution >= 4 is 0 Å². The van der Waals surface area contributed by atoms with Gasteiger partial charge in [-0.3, -0.25) is 0 Å². The van der Waals surface area contributed by atoms with Crippen LogP contribution in [0.3, 0.4) is 0 Å². The van der Waals surface area contributed by atoms with Gasteiger partial charge in [0.25, 0.3) is 0 Å². The van der Waals surface area contributed by atoms with Gasteiger partial charge in [-0.2, -0.15) is 0 Å². The molecule has 2 nitrogen and oxygen atoms in total. The van der Waals surface area contributed by atoms with Crippen LogP contribution in [0.2, 0.25) is 0 Å². The van der Waals surface area contributed by atoms with Crippen LogP contribution in [0.25, 0.3) is 0 Å². The number of nitrogens with one attached hydrogen (secondary N) is 1. The van der Waals surface area contributed by atoms with Crippen molar-refractivity contribution in [1.29, 1.82) is 0 Å². The first-order chi connectivity index (χ1) is 5.41. The summed E-state index contributed by atoms with van der Waals surface area (Å²) in [6, 6.07) is 0. The Bertz CT molecular complexity index is 58.6. The summed E-state index contributed by atoms with van der Waals surface area (Å²) in [5, 5.41) is 0. The van der Waals surface area contributed by atoms with Crippen molar-refractivity contribution in [3.05, 3.63) is 0 Å². The van der Waals surface area contributed by atoms with Crippen LogP contribution < -0.4 is 5.48 Å². The second-order valence-corrected chi connectivity index (χ2v) is 2.82. The Morgan fingerprint density at radius 2 is 1.64 bits per heavy atom. The Kier molecular flexibility index (Phi) is 9.85. The molecule has 0 aromatic heterocycles. The molecular formula is C9H21NO. The Hall–Kier alpha value is -0.0800. The van der Waals surface area contributed by atoms with Crippen LogP contribution >= 0.6 is 0 Å². The highest BCUT2D eigenvalue weighted by molar-refractivity contribution is 4.42. The van der Waals surface area contributed by atoms with Crippen LogP contribution in [0.5, 0.6) is 0 Å². The fourth-order valence-corrected chi connectivity index (χ4v) is 1.06. The number of hydrogen-bond donors (Lipinski definition) is 1. The third-order valence-corrected chi connectivity index (χ3v) is 1.74. The third kappa shape index (κ3) is 9.92. The van der Waals surface area contributed by atoms with Gasteiger partial charge in [-0.05, 0) is 6.42 Å². The van der Waals surface area contributed by atoms with Crippen molar-refractivity contribution in [3.8, 4) is 0 Å². The van der Waals surface area contributed by atoms with E-state index in [0.717, 1.165) is 6.61 Å². The van der Waals surface area contributed by atoms with E-state index in [-0.39, 0.29) is 0 Å². The lowest BCUT2D eigenvalue weighted by Gasteiger charge is -2.00. The molecule has 0 aromatic carbocycles. The van der Waals surface area contributed by atoms with Gasteiger partial charge in [-0.25, -0.2) is 5.48 Å². The largest absolute Gasteiger partial charge is 0.302 e. The molecule has 68 valence electrons. The molecule has 0 aliphatic rings. The number of hydroxylamine groups is 1. The maximum absolute atomic E-state index is 4.99. The Balaban J connectivity index is 2.69. The second kappa shape index (κ2) is 9.92. The van der Waals surface area contributed by atoms with Gasteiger partial charge in [0.05, 0.1) is 6.61 Å². The minimum Gasteiger partial charge on any atom is -0.302 e. The standard InChI is InChI=1S/C9H21NO/c1-3-4-5-6-7-8-9-11-10-2/h10H,3-9H2,1-2H3. The summed E-state index contributed by atoms with van der Waals surface area (Å²) in [4.78, 5) is 4.99. The van der Waals surface area contributed by atoms with Gasteiger partial charge >= 0.3 is 0 Å². The van der Waals surface area contributed by atoms with Crippen LogP contribution in [0.15, 0.2) is 0 Å². The lowest BCUT2D eigenvalue weighted by molar-refractivity contribution is 0.0550. The van der Waals surface area contributed by atoms with Gasteiger partial charge in [0.2, 0.25) is 0 Å². The molecule has 0 spiro atoms. The monoisotopic (exact) mass is 159 g/mol. The van der Waals surface area contributed by atoms with Crippen LogP contribution in [0.4, 0.5) is 0 Å². The minimum atomic E-state index is 0.850. The van der Waals surface area contributed by atoms with Gasteiger partial charge in [-0.15, -0.1) is 0 Å². The molecule has 0 aromatic rings. The predicted octanol–water partition coefficient (Wildman–Crippen LogP) is 2.50. The van der Waals surface area contributed by atoms with Gasteiger partial charge in [0.15, 0.2) is 0 Å². The number of hydrogen-bond acceptors (Lipinski definition) is 2. The SMILES string of the molecule is CCCCCCCCONC. The van der Waals surface area contributed by atoms with E-state index in [2.05, 4.69) is 12.4 Å². The first kappa shape index (κ1) is 10.9. The summed E-state index contributed by atoms with van der Waals surface area (Å²) < 4.78 is 0. The number of unbranched alkanes of at least 4 members (excludes halogenated alkanes) is 5. The van der Waals surface area contributed by atoms with Crippen molar-refractivity contribution in [2.75, 3.05) is 13.7 Å². The number of rotatable bonds is 8. The Labute approximate surface area is 70.3 Å². The van der Waals surface area contributed by atoms with Crippen LogP contribution in [-0.4, -0.2) is 13.7 Å². The quantitative estimate of drug-likeness (QED) is 0.434. The molecule has 0 radical (unpaired) electrons. The first-order valence-electron chi connectivity index (χ1n) is 4.70. The summed E-state index contributed by atoms with van der Waals surface area (Å²) in [5.74, 6) is 0. The Morgan fingerprint density at radius 1 is 1.00 bits per heavy atom. The van der Waals surface area contributed by atoms with Crippen molar-refractivity contribution < 1.29 is 4.84 Å². The molecule has 11 heavy (non-hydrogen) atoms. The molecule has 0 fully saturated rings. The Morgan fingerprint density at radius 3 is 2.27 bits per heavy atom. The maximum atomic E-state index is 4.99. The predicted molar refractivity (Wildman–Crippen MR) is 48.4 cm³/mol. The fourth-order valence-electron chi connectivity index (χ4n) is 1.06. The zero-order chi connectivity index (χ0) is 8.36. The highest BCUT2D eigenvalue weighted by atomic mass is 16.6. The normalized spacial score (nSPS) is 10.4. The average molecular weight is 159 g/mol. The molecule has 0 aliphatic heterocycles. The molecule has 2 heteroatoms. The molecule has 0 rings (SSSR count). The van der Waals surface area contributed by atoms with E-state index in [4.69, 9.17) is 4.84 Å². The zero-order valence-corrected chi connectivity index (χ0v) is 7.86. The molecule has 0 bridgehead atoms. The van der Waals surface area contributed by atoms with Crippen LogP contribution in [0.1, 0.15) is 45.4 Å². The molecule has 0 saturated carbocycles. The molecule has 0 aliphatic carbocycles. The van der Waals surface area contributed by atoms with E-state index in [0.29, 0.717) is 0 Å². The van der Waals surface area contributed by atoms with Crippen LogP contribution in [0, 0.1) is 0 Å². The van der Waals surface area contributed by atoms with Gasteiger partial charge in [-0.1, -0.05) is 39.0 Å². The highest BCUT2D eigenvalue weighted by Crippen LogP contribution is 2.04. The summed E-state index contributed by atoms with van der Waals surface area (Å²) in [6.45, 7) is 3.09. The van der Waals surface area contributed by atoms with Gasteiger partial charge < -0.3 is 4.84 Å². The van der Waals surface area contributed by atoms with Crippen molar-refractivity contribution in [2.45, 2.75) is 45.4 Å². The van der Waals surface area contributed by atoms with E-state index >= 15 is 0 Å². The topological polar surface area (TPSA) is 21.3 Å². The lowest BCUT2D eigenvalue weighted by atomic mass is 10.1. The van der Waals surface area contributed by atoms with Crippen molar-refractivity contribution in [3.63, 3.8) is 0 Å². The molecule has 0 unspecified atom stereocenters. The first-order valence-corrected chi connectivity index (χ1v) is 4.70. The molecule has 0 atom stereocenters. The van der Waals surface area contributed by atoms with Gasteiger partial charge in [0, 0.05) is 7.05 Å². The minimum absolute atomic E-state index is 0.850. The highest BCUT2D eigenvalue weighted by Gasteiger charge is 1.88. The zero-order valence-electron chi connectivity index (χ0n) is 7.86. The smallest absolute Gasteiger partial charge is 0.0682 e. The molecular weight excluding hydrogens is 138 g/mol. The molecule has 0 heterocycles. The fraction of sp³-hybridized carbons (Fsp3) is 1.00. The third-order valence-electron chi connectivity index (χ3n) is 1.74. The van der Waals surface area contributed by atoms with Crippen LogP contribution in [-0.2, 0) is 4.84 Å². The molecule has 0 saturated heterocycles. The maximum Gasteiger partial charge on any atom is 0.0682 e. The van der Waals surface area contributed by atoms with E-state index in [1.54, 1.807) is 7.05 Å². The van der Waals surface area contributed by atoms with E-state index in [1.165, 1.54) is 38.5 Å². The van der Waals surface area contributed by atoms with Crippen molar-refractivity contribution in [1.82, 2.24) is 5.48 Å². The summed E-state index contributed by atoms with van der Waals surface area (Å²) in [6.07, 6.45) is 7.95. The van der Waals surface area contributed by atoms with E-state index < -0.39 is 0 Å². The molecule has 1 N–H and O–H groups in total. The van der Waals surface area contributed by atoms with Gasteiger partial charge in [0.1, 0.15) is 0 Å². The second-order valence-electron chi connectivity index (χ2n) is 2.82. The summed E-state index contributed by atoms with van der Waals surface area (Å²) in [7, 11) is 1.80. The lowest BCUT2D eigenvalue weighted by Crippen LogP contribution is -2.07. The molecule has 0 amide bonds. The summed E-state index contributed by atoms with van der Waals surface area (Å²) >= 11 is 0.